The van der Waals surface area contributed by atoms with Crippen LogP contribution in [0, 0.1) is 18.8 Å². The van der Waals surface area contributed by atoms with E-state index in [1.165, 1.54) is 25.7 Å². The van der Waals surface area contributed by atoms with Crippen LogP contribution in [0.4, 0.5) is 0 Å². The van der Waals surface area contributed by atoms with Crippen LogP contribution >= 0.6 is 0 Å². The molecule has 2 N–H and O–H groups in total. The first-order chi connectivity index (χ1) is 9.79. The van der Waals surface area contributed by atoms with E-state index in [1.807, 2.05) is 17.5 Å². The van der Waals surface area contributed by atoms with E-state index in [9.17, 15) is 0 Å². The largest absolute Gasteiger partial charge is 0.475 e. The van der Waals surface area contributed by atoms with Gasteiger partial charge < -0.3 is 10.5 Å². The molecule has 0 radical (unpaired) electrons. The molecule has 3 rings (SSSR count). The highest BCUT2D eigenvalue weighted by Crippen LogP contribution is 2.30. The maximum atomic E-state index is 5.91. The zero-order chi connectivity index (χ0) is 13.9. The molecule has 2 aromatic heterocycles. The number of hydrogen-bond donors (Lipinski definition) is 1. The summed E-state index contributed by atoms with van der Waals surface area (Å²) >= 11 is 0. The predicted molar refractivity (Wildman–Crippen MR) is 75.5 cm³/mol. The minimum atomic E-state index is 0.528. The second-order valence-corrected chi connectivity index (χ2v) is 5.52. The Labute approximate surface area is 118 Å². The average molecular weight is 275 g/mol. The van der Waals surface area contributed by atoms with Crippen molar-refractivity contribution in [2.45, 2.75) is 32.6 Å². The van der Waals surface area contributed by atoms with Crippen molar-refractivity contribution >= 4 is 5.65 Å². The van der Waals surface area contributed by atoms with Crippen LogP contribution in [0.25, 0.3) is 5.65 Å². The van der Waals surface area contributed by atoms with Gasteiger partial charge in [0.05, 0.1) is 6.61 Å². The van der Waals surface area contributed by atoms with Crippen LogP contribution in [-0.4, -0.2) is 32.7 Å². The van der Waals surface area contributed by atoms with Gasteiger partial charge in [-0.3, -0.25) is 4.40 Å². The molecule has 6 heteroatoms. The lowest BCUT2D eigenvalue weighted by atomic mass is 9.80. The van der Waals surface area contributed by atoms with Gasteiger partial charge in [0.25, 0.3) is 5.88 Å². The lowest BCUT2D eigenvalue weighted by Gasteiger charge is -2.30. The van der Waals surface area contributed by atoms with E-state index in [-0.39, 0.29) is 0 Å². The monoisotopic (exact) mass is 275 g/mol. The molecule has 1 aliphatic rings. The Kier molecular flexibility index (Phi) is 3.82. The van der Waals surface area contributed by atoms with E-state index >= 15 is 0 Å². The Morgan fingerprint density at radius 2 is 2.10 bits per heavy atom. The van der Waals surface area contributed by atoms with Crippen molar-refractivity contribution in [2.75, 3.05) is 13.2 Å². The third-order valence-electron chi connectivity index (χ3n) is 4.27. The number of rotatable bonds is 4. The summed E-state index contributed by atoms with van der Waals surface area (Å²) in [7, 11) is 0. The van der Waals surface area contributed by atoms with Gasteiger partial charge in [-0.1, -0.05) is 12.8 Å². The van der Waals surface area contributed by atoms with E-state index in [1.54, 1.807) is 6.20 Å². The molecule has 0 saturated heterocycles. The van der Waals surface area contributed by atoms with Crippen LogP contribution in [0.3, 0.4) is 0 Å². The van der Waals surface area contributed by atoms with Crippen LogP contribution in [-0.2, 0) is 0 Å². The van der Waals surface area contributed by atoms with Crippen molar-refractivity contribution in [1.82, 2.24) is 19.6 Å². The molecule has 108 valence electrons. The molecule has 1 saturated carbocycles. The molecule has 0 aromatic carbocycles. The number of hydrogen-bond acceptors (Lipinski definition) is 5. The highest BCUT2D eigenvalue weighted by molar-refractivity contribution is 5.48. The number of aromatic nitrogens is 4. The van der Waals surface area contributed by atoms with Crippen molar-refractivity contribution in [3.8, 4) is 5.88 Å². The quantitative estimate of drug-likeness (QED) is 0.916. The summed E-state index contributed by atoms with van der Waals surface area (Å²) < 4.78 is 7.81. The van der Waals surface area contributed by atoms with E-state index in [0.29, 0.717) is 30.0 Å². The molecule has 0 amide bonds. The molecule has 2 atom stereocenters. The first-order valence-corrected chi connectivity index (χ1v) is 7.29. The zero-order valence-corrected chi connectivity index (χ0v) is 11.8. The Hall–Kier alpha value is -1.69. The van der Waals surface area contributed by atoms with Gasteiger partial charge in [0.2, 0.25) is 5.65 Å². The fourth-order valence-corrected chi connectivity index (χ4v) is 3.02. The molecule has 2 aromatic rings. The van der Waals surface area contributed by atoms with Gasteiger partial charge in [0, 0.05) is 12.4 Å². The zero-order valence-electron chi connectivity index (χ0n) is 11.8. The first kappa shape index (κ1) is 13.3. The topological polar surface area (TPSA) is 78.3 Å². The number of ether oxygens (including phenoxy) is 1. The fraction of sp³-hybridized carbons (Fsp3) is 0.643. The molecule has 0 bridgehead atoms. The summed E-state index contributed by atoms with van der Waals surface area (Å²) in [6.45, 7) is 3.32. The third-order valence-corrected chi connectivity index (χ3v) is 4.27. The highest BCUT2D eigenvalue weighted by atomic mass is 16.5. The smallest absolute Gasteiger partial charge is 0.260 e. The summed E-state index contributed by atoms with van der Waals surface area (Å²) in [6.07, 6.45) is 8.53. The van der Waals surface area contributed by atoms with Crippen LogP contribution in [0.5, 0.6) is 5.88 Å². The summed E-state index contributed by atoms with van der Waals surface area (Å²) in [5.41, 5.74) is 6.54. The summed E-state index contributed by atoms with van der Waals surface area (Å²) in [5.74, 6) is 2.50. The summed E-state index contributed by atoms with van der Waals surface area (Å²) in [4.78, 5) is 4.28. The van der Waals surface area contributed by atoms with Crippen molar-refractivity contribution in [3.05, 3.63) is 18.2 Å². The SMILES string of the molecule is Cc1nnc2c(OCC3CCCCC3CN)nccn12. The van der Waals surface area contributed by atoms with Gasteiger partial charge in [0.1, 0.15) is 5.82 Å². The van der Waals surface area contributed by atoms with E-state index in [0.717, 1.165) is 12.4 Å². The van der Waals surface area contributed by atoms with Crippen molar-refractivity contribution in [3.63, 3.8) is 0 Å². The normalized spacial score (nSPS) is 23.1. The Bertz CT molecular complexity index is 582. The third kappa shape index (κ3) is 2.47. The van der Waals surface area contributed by atoms with Crippen LogP contribution in [0.2, 0.25) is 0 Å². The number of nitrogens with zero attached hydrogens (tertiary/aromatic N) is 4. The van der Waals surface area contributed by atoms with Gasteiger partial charge in [-0.2, -0.15) is 0 Å². The highest BCUT2D eigenvalue weighted by Gasteiger charge is 2.25. The summed E-state index contributed by atoms with van der Waals surface area (Å²) in [6, 6.07) is 0. The molecule has 0 aliphatic heterocycles. The maximum absolute atomic E-state index is 5.91. The lowest BCUT2D eigenvalue weighted by Crippen LogP contribution is -2.30. The average Bonchev–Trinajstić information content (AvgIpc) is 2.88. The molecular weight excluding hydrogens is 254 g/mol. The van der Waals surface area contributed by atoms with Gasteiger partial charge in [-0.15, -0.1) is 10.2 Å². The molecule has 1 fully saturated rings. The number of fused-ring (bicyclic) bond motifs is 1. The molecule has 1 aliphatic carbocycles. The molecule has 2 heterocycles. The minimum absolute atomic E-state index is 0.528. The Morgan fingerprint density at radius 3 is 2.90 bits per heavy atom. The number of nitrogens with two attached hydrogens (primary N) is 1. The molecule has 6 nitrogen and oxygen atoms in total. The van der Waals surface area contributed by atoms with Crippen molar-refractivity contribution in [2.24, 2.45) is 17.6 Å². The van der Waals surface area contributed by atoms with Crippen LogP contribution in [0.15, 0.2) is 12.4 Å². The van der Waals surface area contributed by atoms with E-state index < -0.39 is 0 Å². The lowest BCUT2D eigenvalue weighted by molar-refractivity contribution is 0.150. The molecule has 2 unspecified atom stereocenters. The van der Waals surface area contributed by atoms with Crippen molar-refractivity contribution < 1.29 is 4.74 Å². The molecular formula is C14H21N5O. The second kappa shape index (κ2) is 5.75. The standard InChI is InChI=1S/C14H21N5O/c1-10-17-18-13-14(16-6-7-19(10)13)20-9-12-5-3-2-4-11(12)8-15/h6-7,11-12H,2-5,8-9,15H2,1H3. The minimum Gasteiger partial charge on any atom is -0.475 e. The van der Waals surface area contributed by atoms with Crippen LogP contribution in [0.1, 0.15) is 31.5 Å². The Balaban J connectivity index is 1.73. The Morgan fingerprint density at radius 1 is 1.30 bits per heavy atom. The fourth-order valence-electron chi connectivity index (χ4n) is 3.02. The van der Waals surface area contributed by atoms with Crippen LogP contribution < -0.4 is 10.5 Å². The van der Waals surface area contributed by atoms with Gasteiger partial charge in [-0.25, -0.2) is 4.98 Å². The first-order valence-electron chi connectivity index (χ1n) is 7.29. The van der Waals surface area contributed by atoms with Gasteiger partial charge in [0.15, 0.2) is 0 Å². The van der Waals surface area contributed by atoms with E-state index in [4.69, 9.17) is 10.5 Å². The second-order valence-electron chi connectivity index (χ2n) is 5.52. The van der Waals surface area contributed by atoms with Gasteiger partial charge in [-0.05, 0) is 38.1 Å². The molecule has 20 heavy (non-hydrogen) atoms. The maximum Gasteiger partial charge on any atom is 0.260 e. The van der Waals surface area contributed by atoms with Crippen molar-refractivity contribution in [1.29, 1.82) is 0 Å². The molecule has 0 spiro atoms. The van der Waals surface area contributed by atoms with E-state index in [2.05, 4.69) is 15.2 Å². The van der Waals surface area contributed by atoms with Gasteiger partial charge >= 0.3 is 0 Å². The number of aryl methyl sites for hydroxylation is 1. The summed E-state index contributed by atoms with van der Waals surface area (Å²) in [5, 5.41) is 8.18. The predicted octanol–water partition coefficient (Wildman–Crippen LogP) is 1.58.